The van der Waals surface area contributed by atoms with E-state index in [2.05, 4.69) is 11.6 Å². The maximum absolute atomic E-state index is 12.8. The van der Waals surface area contributed by atoms with Crippen LogP contribution in [0.5, 0.6) is 0 Å². The van der Waals surface area contributed by atoms with Gasteiger partial charge in [0.15, 0.2) is 16.9 Å². The smallest absolute Gasteiger partial charge is 0.339 e. The summed E-state index contributed by atoms with van der Waals surface area (Å²) in [6.45, 7) is 5.41. The molecule has 0 atom stereocenters. The molecule has 2 aromatic heterocycles. The van der Waals surface area contributed by atoms with E-state index >= 15 is 0 Å². The summed E-state index contributed by atoms with van der Waals surface area (Å²) in [6.07, 6.45) is 2.14. The molecule has 0 unspecified atom stereocenters. The standard InChI is InChI=1S/C18H16N2O5/c1-3-7-20(24)17-12(18(22)23)9-14-15(19-17)16(21)11-8-10(4-2)5-6-13(11)25-14/h3,5-6,8-9,24H,1,4,7H2,2H3,(H,22,23). The zero-order valence-corrected chi connectivity index (χ0v) is 13.5. The van der Waals surface area contributed by atoms with Crippen LogP contribution in [0, 0.1) is 0 Å². The van der Waals surface area contributed by atoms with Gasteiger partial charge in [0.25, 0.3) is 0 Å². The van der Waals surface area contributed by atoms with E-state index in [0.717, 1.165) is 12.0 Å². The summed E-state index contributed by atoms with van der Waals surface area (Å²) in [5.74, 6) is -1.53. The molecule has 3 aromatic rings. The highest BCUT2D eigenvalue weighted by atomic mass is 16.5. The molecule has 1 aromatic carbocycles. The Bertz CT molecular complexity index is 1050. The molecule has 7 nitrogen and oxygen atoms in total. The number of aromatic carboxylic acids is 1. The van der Waals surface area contributed by atoms with Gasteiger partial charge in [-0.15, -0.1) is 6.58 Å². The highest BCUT2D eigenvalue weighted by Gasteiger charge is 2.20. The summed E-state index contributed by atoms with van der Waals surface area (Å²) < 4.78 is 5.67. The van der Waals surface area contributed by atoms with Crippen LogP contribution in [0.1, 0.15) is 22.8 Å². The van der Waals surface area contributed by atoms with Gasteiger partial charge < -0.3 is 9.52 Å². The minimum absolute atomic E-state index is 0.0381. The van der Waals surface area contributed by atoms with Crippen LogP contribution in [-0.4, -0.2) is 27.8 Å². The van der Waals surface area contributed by atoms with Crippen LogP contribution in [-0.2, 0) is 6.42 Å². The number of carboxylic acids is 1. The second kappa shape index (κ2) is 6.37. The van der Waals surface area contributed by atoms with E-state index in [4.69, 9.17) is 4.42 Å². The largest absolute Gasteiger partial charge is 0.478 e. The Labute approximate surface area is 142 Å². The molecule has 0 fully saturated rings. The number of aromatic nitrogens is 1. The van der Waals surface area contributed by atoms with E-state index in [1.807, 2.05) is 13.0 Å². The molecule has 3 rings (SSSR count). The van der Waals surface area contributed by atoms with E-state index in [0.29, 0.717) is 16.0 Å². The SMILES string of the molecule is C=CCN(O)c1nc2c(=O)c3cc(CC)ccc3oc2cc1C(=O)O. The number of hydrogen-bond acceptors (Lipinski definition) is 6. The quantitative estimate of drug-likeness (QED) is 0.418. The number of hydrogen-bond donors (Lipinski definition) is 2. The highest BCUT2D eigenvalue weighted by molar-refractivity contribution is 5.98. The van der Waals surface area contributed by atoms with Gasteiger partial charge in [0.1, 0.15) is 11.1 Å². The zero-order chi connectivity index (χ0) is 18.1. The van der Waals surface area contributed by atoms with Gasteiger partial charge in [-0.2, -0.15) is 0 Å². The normalized spacial score (nSPS) is 11.0. The molecule has 0 saturated heterocycles. The number of carboxylic acid groups (broad SMARTS) is 1. The van der Waals surface area contributed by atoms with Crippen molar-refractivity contribution in [3.63, 3.8) is 0 Å². The molecule has 7 heteroatoms. The molecule has 0 saturated carbocycles. The van der Waals surface area contributed by atoms with Gasteiger partial charge >= 0.3 is 5.97 Å². The molecule has 0 spiro atoms. The van der Waals surface area contributed by atoms with Crippen LogP contribution in [0.2, 0.25) is 0 Å². The van der Waals surface area contributed by atoms with Crippen molar-refractivity contribution in [1.29, 1.82) is 0 Å². The fraction of sp³-hybridized carbons (Fsp3) is 0.167. The number of carbonyl (C=O) groups is 1. The highest BCUT2D eigenvalue weighted by Crippen LogP contribution is 2.25. The Morgan fingerprint density at radius 3 is 2.76 bits per heavy atom. The van der Waals surface area contributed by atoms with Gasteiger partial charge in [-0.1, -0.05) is 19.1 Å². The molecule has 2 N–H and O–H groups in total. The third-order valence-corrected chi connectivity index (χ3v) is 3.88. The van der Waals surface area contributed by atoms with Gasteiger partial charge in [-0.05, 0) is 24.1 Å². The number of nitrogens with zero attached hydrogens (tertiary/aromatic N) is 2. The van der Waals surface area contributed by atoms with Crippen LogP contribution in [0.25, 0.3) is 22.1 Å². The molecular formula is C18H16N2O5. The Kier molecular flexibility index (Phi) is 4.24. The first-order valence-electron chi connectivity index (χ1n) is 7.67. The molecule has 0 aliphatic heterocycles. The lowest BCUT2D eigenvalue weighted by Crippen LogP contribution is -2.23. The molecule has 2 heterocycles. The molecule has 0 aliphatic rings. The predicted molar refractivity (Wildman–Crippen MR) is 93.5 cm³/mol. The number of pyridine rings is 1. The number of aryl methyl sites for hydroxylation is 1. The summed E-state index contributed by atoms with van der Waals surface area (Å²) in [7, 11) is 0. The first kappa shape index (κ1) is 16.7. The van der Waals surface area contributed by atoms with Crippen LogP contribution in [0.3, 0.4) is 0 Å². The average molecular weight is 340 g/mol. The van der Waals surface area contributed by atoms with E-state index < -0.39 is 5.97 Å². The van der Waals surface area contributed by atoms with Crippen molar-refractivity contribution in [3.8, 4) is 0 Å². The minimum Gasteiger partial charge on any atom is -0.478 e. The zero-order valence-electron chi connectivity index (χ0n) is 13.5. The molecule has 0 radical (unpaired) electrons. The molecular weight excluding hydrogens is 324 g/mol. The third-order valence-electron chi connectivity index (χ3n) is 3.88. The molecule has 25 heavy (non-hydrogen) atoms. The summed E-state index contributed by atoms with van der Waals surface area (Å²) in [6, 6.07) is 6.45. The molecule has 128 valence electrons. The maximum atomic E-state index is 12.8. The first-order chi connectivity index (χ1) is 12.0. The van der Waals surface area contributed by atoms with Gasteiger partial charge in [-0.25, -0.2) is 14.8 Å². The van der Waals surface area contributed by atoms with Crippen molar-refractivity contribution in [2.24, 2.45) is 0 Å². The Morgan fingerprint density at radius 1 is 1.36 bits per heavy atom. The molecule has 0 bridgehead atoms. The lowest BCUT2D eigenvalue weighted by atomic mass is 10.1. The van der Waals surface area contributed by atoms with Crippen molar-refractivity contribution >= 4 is 33.9 Å². The maximum Gasteiger partial charge on any atom is 0.339 e. The number of anilines is 1. The van der Waals surface area contributed by atoms with Gasteiger partial charge in [0, 0.05) is 6.07 Å². The number of benzene rings is 1. The summed E-state index contributed by atoms with van der Waals surface area (Å²) in [5.41, 5.74) is 0.685. The first-order valence-corrected chi connectivity index (χ1v) is 7.67. The average Bonchev–Trinajstić information content (AvgIpc) is 2.61. The summed E-state index contributed by atoms with van der Waals surface area (Å²) in [4.78, 5) is 28.3. The number of fused-ring (bicyclic) bond motifs is 2. The van der Waals surface area contributed by atoms with Crippen LogP contribution >= 0.6 is 0 Å². The lowest BCUT2D eigenvalue weighted by Gasteiger charge is -2.16. The number of rotatable bonds is 5. The lowest BCUT2D eigenvalue weighted by molar-refractivity contribution is 0.0695. The van der Waals surface area contributed by atoms with Crippen LogP contribution in [0.15, 0.2) is 46.1 Å². The van der Waals surface area contributed by atoms with E-state index in [1.165, 1.54) is 12.1 Å². The van der Waals surface area contributed by atoms with Crippen molar-refractivity contribution in [1.82, 2.24) is 4.98 Å². The number of hydroxylamine groups is 1. The summed E-state index contributed by atoms with van der Waals surface area (Å²) in [5, 5.41) is 20.4. The van der Waals surface area contributed by atoms with E-state index in [9.17, 15) is 19.9 Å². The Hall–Kier alpha value is -3.19. The van der Waals surface area contributed by atoms with Crippen LogP contribution < -0.4 is 10.5 Å². The predicted octanol–water partition coefficient (Wildman–Crippen LogP) is 2.98. The topological polar surface area (TPSA) is 104 Å². The fourth-order valence-corrected chi connectivity index (χ4v) is 2.60. The molecule has 0 aliphatic carbocycles. The second-order valence-electron chi connectivity index (χ2n) is 5.50. The Balaban J connectivity index is 2.38. The second-order valence-corrected chi connectivity index (χ2v) is 5.50. The van der Waals surface area contributed by atoms with Gasteiger partial charge in [0.2, 0.25) is 5.43 Å². The van der Waals surface area contributed by atoms with Gasteiger partial charge in [0.05, 0.1) is 11.9 Å². The van der Waals surface area contributed by atoms with Crippen LogP contribution in [0.4, 0.5) is 5.82 Å². The summed E-state index contributed by atoms with van der Waals surface area (Å²) >= 11 is 0. The van der Waals surface area contributed by atoms with Gasteiger partial charge in [-0.3, -0.25) is 10.0 Å². The van der Waals surface area contributed by atoms with Crippen molar-refractivity contribution in [3.05, 3.63) is 58.3 Å². The Morgan fingerprint density at radius 2 is 2.12 bits per heavy atom. The van der Waals surface area contributed by atoms with E-state index in [1.54, 1.807) is 12.1 Å². The fourth-order valence-electron chi connectivity index (χ4n) is 2.60. The monoisotopic (exact) mass is 340 g/mol. The van der Waals surface area contributed by atoms with Crippen molar-refractivity contribution in [2.45, 2.75) is 13.3 Å². The van der Waals surface area contributed by atoms with Crippen molar-refractivity contribution in [2.75, 3.05) is 11.6 Å². The minimum atomic E-state index is -1.29. The molecule has 0 amide bonds. The van der Waals surface area contributed by atoms with Crippen molar-refractivity contribution < 1.29 is 19.5 Å². The van der Waals surface area contributed by atoms with E-state index in [-0.39, 0.29) is 34.5 Å². The third kappa shape index (κ3) is 2.85.